The first-order chi connectivity index (χ1) is 10.1. The number of hydrogen-bond acceptors (Lipinski definition) is 3. The Hall–Kier alpha value is -1.66. The Morgan fingerprint density at radius 3 is 2.73 bits per heavy atom. The van der Waals surface area contributed by atoms with Gasteiger partial charge in [0.05, 0.1) is 0 Å². The van der Waals surface area contributed by atoms with Gasteiger partial charge in [-0.2, -0.15) is 0 Å². The number of likely N-dealkylation sites (tertiary alicyclic amines) is 1. The molecule has 1 aromatic rings. The number of imidazole rings is 1. The van der Waals surface area contributed by atoms with Gasteiger partial charge in [0, 0.05) is 49.4 Å². The van der Waals surface area contributed by atoms with Gasteiger partial charge in [-0.25, -0.2) is 0 Å². The molecule has 3 atom stereocenters. The van der Waals surface area contributed by atoms with Crippen molar-refractivity contribution in [3.63, 3.8) is 0 Å². The number of nitrogens with one attached hydrogen (secondary N) is 2. The molecule has 2 heterocycles. The zero-order chi connectivity index (χ0) is 15.0. The SMILES string of the molecule is C[C@H]1C2C=CC=CC2CN1C(=O)CC[c-]1[nH]c(=O)[nH]c1=O.[V]. The number of allylic oxidation sites excluding steroid dienone is 2. The second-order valence-electron chi connectivity index (χ2n) is 5.68. The molecule has 0 saturated carbocycles. The van der Waals surface area contributed by atoms with E-state index in [1.807, 2.05) is 17.1 Å². The third-order valence-electron chi connectivity index (χ3n) is 4.43. The maximum atomic E-state index is 12.4. The van der Waals surface area contributed by atoms with E-state index in [1.54, 1.807) is 0 Å². The fraction of sp³-hybridized carbons (Fsp3) is 0.467. The number of H-pyrrole nitrogens is 2. The minimum atomic E-state index is -0.515. The fourth-order valence-electron chi connectivity index (χ4n) is 3.26. The number of hydrogen-bond donors (Lipinski definition) is 2. The summed E-state index contributed by atoms with van der Waals surface area (Å²) in [6, 6.07) is 0.167. The van der Waals surface area contributed by atoms with Gasteiger partial charge in [0.1, 0.15) is 0 Å². The van der Waals surface area contributed by atoms with Crippen molar-refractivity contribution >= 4 is 5.91 Å². The quantitative estimate of drug-likeness (QED) is 0.777. The summed E-state index contributed by atoms with van der Waals surface area (Å²) in [6.45, 7) is 2.78. The van der Waals surface area contributed by atoms with Gasteiger partial charge in [0.15, 0.2) is 11.2 Å². The summed E-state index contributed by atoms with van der Waals surface area (Å²) in [5.41, 5.74) is -0.669. The van der Waals surface area contributed by atoms with Crippen LogP contribution < -0.4 is 11.2 Å². The van der Waals surface area contributed by atoms with Crippen LogP contribution in [0.4, 0.5) is 0 Å². The van der Waals surface area contributed by atoms with E-state index in [9.17, 15) is 14.4 Å². The van der Waals surface area contributed by atoms with Crippen molar-refractivity contribution in [2.45, 2.75) is 25.8 Å². The van der Waals surface area contributed by atoms with Gasteiger partial charge >= 0.3 is 0 Å². The molecule has 2 unspecified atom stereocenters. The molecule has 1 amide bonds. The fourth-order valence-corrected chi connectivity index (χ4v) is 3.26. The van der Waals surface area contributed by atoms with E-state index < -0.39 is 11.2 Å². The molecule has 117 valence electrons. The third kappa shape index (κ3) is 3.08. The third-order valence-corrected chi connectivity index (χ3v) is 4.43. The second-order valence-corrected chi connectivity index (χ2v) is 5.68. The molecule has 1 radical (unpaired) electrons. The van der Waals surface area contributed by atoms with Gasteiger partial charge in [-0.1, -0.05) is 36.4 Å². The minimum absolute atomic E-state index is 0. The molecular formula is C15H18N3O3V-. The van der Waals surface area contributed by atoms with Crippen molar-refractivity contribution < 1.29 is 23.4 Å². The molecule has 0 spiro atoms. The number of aromatic nitrogens is 2. The minimum Gasteiger partial charge on any atom is -0.464 e. The van der Waals surface area contributed by atoms with Crippen LogP contribution in [-0.4, -0.2) is 33.4 Å². The summed E-state index contributed by atoms with van der Waals surface area (Å²) >= 11 is 0. The van der Waals surface area contributed by atoms with E-state index in [1.165, 1.54) is 0 Å². The molecule has 1 aliphatic heterocycles. The molecular weight excluding hydrogens is 321 g/mol. The molecule has 0 aromatic carbocycles. The van der Waals surface area contributed by atoms with Crippen LogP contribution >= 0.6 is 0 Å². The maximum absolute atomic E-state index is 12.4. The van der Waals surface area contributed by atoms with E-state index in [0.29, 0.717) is 11.8 Å². The molecule has 0 bridgehead atoms. The van der Waals surface area contributed by atoms with E-state index in [2.05, 4.69) is 29.0 Å². The summed E-state index contributed by atoms with van der Waals surface area (Å²) in [6.07, 6.45) is 8.85. The summed E-state index contributed by atoms with van der Waals surface area (Å²) in [4.78, 5) is 41.2. The van der Waals surface area contributed by atoms with Crippen molar-refractivity contribution in [3.05, 3.63) is 50.8 Å². The van der Waals surface area contributed by atoms with Crippen LogP contribution in [0.25, 0.3) is 0 Å². The summed E-state index contributed by atoms with van der Waals surface area (Å²) in [5, 5.41) is 0. The first-order valence-corrected chi connectivity index (χ1v) is 7.19. The van der Waals surface area contributed by atoms with Crippen molar-refractivity contribution in [1.29, 1.82) is 0 Å². The standard InChI is InChI=1S/C15H18N3O3.V/c1-9-11-5-3-2-4-10(11)8-18(9)13(19)7-6-12-14(20)17-15(21)16-12;/h2-5,9-11H,6-8H2,1H3,(H2,16,17,20,21);/q-1;/t9-,10?,11?;/m0./s1. The molecule has 6 nitrogen and oxygen atoms in total. The van der Waals surface area contributed by atoms with Crippen LogP contribution in [0, 0.1) is 11.8 Å². The first-order valence-electron chi connectivity index (χ1n) is 7.19. The Labute approximate surface area is 139 Å². The molecule has 2 aliphatic rings. The smallest absolute Gasteiger partial charge is 0.221 e. The van der Waals surface area contributed by atoms with Crippen LogP contribution in [0.2, 0.25) is 0 Å². The van der Waals surface area contributed by atoms with E-state index in [0.717, 1.165) is 6.54 Å². The molecule has 1 aliphatic carbocycles. The number of rotatable bonds is 3. The monoisotopic (exact) mass is 339 g/mol. The van der Waals surface area contributed by atoms with E-state index in [4.69, 9.17) is 0 Å². The molecule has 22 heavy (non-hydrogen) atoms. The Morgan fingerprint density at radius 1 is 1.36 bits per heavy atom. The maximum Gasteiger partial charge on any atom is 0.221 e. The van der Waals surface area contributed by atoms with Crippen LogP contribution in [0.15, 0.2) is 33.9 Å². The molecule has 1 saturated heterocycles. The average molecular weight is 339 g/mol. The van der Waals surface area contributed by atoms with Gasteiger partial charge in [-0.15, -0.1) is 0 Å². The average Bonchev–Trinajstić information content (AvgIpc) is 2.97. The van der Waals surface area contributed by atoms with Crippen LogP contribution in [-0.2, 0) is 29.8 Å². The van der Waals surface area contributed by atoms with E-state index >= 15 is 0 Å². The second kappa shape index (κ2) is 6.63. The summed E-state index contributed by atoms with van der Waals surface area (Å²) in [5.74, 6) is 0.789. The van der Waals surface area contributed by atoms with Crippen LogP contribution in [0.3, 0.4) is 0 Å². The largest absolute Gasteiger partial charge is 0.464 e. The molecule has 2 N–H and O–H groups in total. The number of aryl methyl sites for hydroxylation is 1. The van der Waals surface area contributed by atoms with Gasteiger partial charge in [0.2, 0.25) is 5.91 Å². The van der Waals surface area contributed by atoms with Gasteiger partial charge in [0.25, 0.3) is 0 Å². The van der Waals surface area contributed by atoms with Crippen molar-refractivity contribution in [1.82, 2.24) is 14.9 Å². The number of aromatic amines is 2. The molecule has 7 heteroatoms. The van der Waals surface area contributed by atoms with Crippen molar-refractivity contribution in [2.24, 2.45) is 11.8 Å². The number of carbonyl (C=O) groups is 1. The normalized spacial score (nSPS) is 25.9. The number of nitrogens with zero attached hydrogens (tertiary/aromatic N) is 1. The van der Waals surface area contributed by atoms with Gasteiger partial charge in [-0.05, 0) is 6.92 Å². The van der Waals surface area contributed by atoms with Crippen LogP contribution in [0.1, 0.15) is 19.0 Å². The summed E-state index contributed by atoms with van der Waals surface area (Å²) in [7, 11) is 0. The van der Waals surface area contributed by atoms with E-state index in [-0.39, 0.29) is 49.0 Å². The van der Waals surface area contributed by atoms with Crippen molar-refractivity contribution in [3.8, 4) is 0 Å². The number of carbonyl (C=O) groups excluding carboxylic acids is 1. The molecule has 1 aromatic heterocycles. The predicted molar refractivity (Wildman–Crippen MR) is 78.0 cm³/mol. The Kier molecular flexibility index (Phi) is 5.03. The van der Waals surface area contributed by atoms with Gasteiger partial charge < -0.3 is 19.7 Å². The number of fused-ring (bicyclic) bond motifs is 1. The first kappa shape index (κ1) is 16.7. The Morgan fingerprint density at radius 2 is 2.09 bits per heavy atom. The van der Waals surface area contributed by atoms with Crippen LogP contribution in [0.5, 0.6) is 0 Å². The topological polar surface area (TPSA) is 86.0 Å². The molecule has 1 fully saturated rings. The Bertz CT molecular complexity index is 712. The number of amides is 1. The zero-order valence-electron chi connectivity index (χ0n) is 12.3. The predicted octanol–water partition coefficient (Wildman–Crippen LogP) is 0.301. The molecule has 3 rings (SSSR count). The Balaban J connectivity index is 0.00000176. The zero-order valence-corrected chi connectivity index (χ0v) is 13.7. The summed E-state index contributed by atoms with van der Waals surface area (Å²) < 4.78 is 0. The van der Waals surface area contributed by atoms with Gasteiger partial charge in [-0.3, -0.25) is 9.59 Å². The van der Waals surface area contributed by atoms with Crippen molar-refractivity contribution in [2.75, 3.05) is 6.54 Å².